The molecule has 28 heavy (non-hydrogen) atoms. The van der Waals surface area contributed by atoms with Crippen molar-refractivity contribution in [2.24, 2.45) is 0 Å². The Morgan fingerprint density at radius 3 is 2.32 bits per heavy atom. The Hall–Kier alpha value is -4.11. The summed E-state index contributed by atoms with van der Waals surface area (Å²) in [5, 5.41) is 28.9. The second kappa shape index (κ2) is 7.64. The van der Waals surface area contributed by atoms with E-state index in [0.29, 0.717) is 12.1 Å². The van der Waals surface area contributed by atoms with Crippen LogP contribution in [0.1, 0.15) is 11.1 Å². The molecule has 0 saturated heterocycles. The average Bonchev–Trinajstić information content (AvgIpc) is 3.28. The first-order valence-corrected chi connectivity index (χ1v) is 8.74. The van der Waals surface area contributed by atoms with Crippen LogP contribution in [0.4, 0.5) is 5.69 Å². The number of phenols is 1. The Labute approximate surface area is 162 Å². The highest BCUT2D eigenvalue weighted by Crippen LogP contribution is 2.29. The van der Waals surface area contributed by atoms with Gasteiger partial charge in [0.2, 0.25) is 0 Å². The molecular weight excluding hydrogens is 350 g/mol. The van der Waals surface area contributed by atoms with Gasteiger partial charge in [0.25, 0.3) is 0 Å². The second-order valence-electron chi connectivity index (χ2n) is 6.27. The van der Waals surface area contributed by atoms with Crippen LogP contribution < -0.4 is 5.01 Å². The third kappa shape index (κ3) is 3.55. The Bertz CT molecular complexity index is 1100. The normalized spacial score (nSPS) is 10.4. The molecule has 4 rings (SSSR count). The largest absolute Gasteiger partial charge is 0.508 e. The summed E-state index contributed by atoms with van der Waals surface area (Å²) in [6, 6.07) is 24.9. The molecule has 0 fully saturated rings. The average molecular weight is 367 g/mol. The van der Waals surface area contributed by atoms with E-state index < -0.39 is 0 Å². The maximum Gasteiger partial charge on any atom is 0.139 e. The monoisotopic (exact) mass is 367 g/mol. The van der Waals surface area contributed by atoms with E-state index in [9.17, 15) is 10.4 Å². The van der Waals surface area contributed by atoms with Crippen molar-refractivity contribution in [3.8, 4) is 22.9 Å². The number of anilines is 1. The number of phenolic OH excluding ortho intramolecular Hbond substituents is 1. The summed E-state index contributed by atoms with van der Waals surface area (Å²) in [4.78, 5) is 0. The van der Waals surface area contributed by atoms with Crippen LogP contribution in [0.25, 0.3) is 11.1 Å². The van der Waals surface area contributed by atoms with Gasteiger partial charge in [-0.3, -0.25) is 5.01 Å². The molecule has 0 spiro atoms. The van der Waals surface area contributed by atoms with Crippen LogP contribution in [-0.2, 0) is 6.54 Å². The number of rotatable bonds is 5. The fourth-order valence-electron chi connectivity index (χ4n) is 3.05. The highest BCUT2D eigenvalue weighted by Gasteiger charge is 2.14. The molecule has 0 aliphatic heterocycles. The van der Waals surface area contributed by atoms with Gasteiger partial charge < -0.3 is 5.11 Å². The molecule has 0 atom stereocenters. The first-order valence-electron chi connectivity index (χ1n) is 8.74. The molecule has 6 heteroatoms. The van der Waals surface area contributed by atoms with Crippen LogP contribution in [0.3, 0.4) is 0 Å². The molecule has 0 unspecified atom stereocenters. The molecule has 1 aromatic heterocycles. The highest BCUT2D eigenvalue weighted by atomic mass is 16.3. The Morgan fingerprint density at radius 2 is 1.64 bits per heavy atom. The molecule has 4 aromatic rings. The van der Waals surface area contributed by atoms with E-state index in [1.165, 1.54) is 0 Å². The van der Waals surface area contributed by atoms with Gasteiger partial charge in [-0.1, -0.05) is 42.5 Å². The fraction of sp³-hybridized carbons (Fsp3) is 0.0455. The van der Waals surface area contributed by atoms with Gasteiger partial charge in [-0.25, -0.2) is 4.68 Å². The van der Waals surface area contributed by atoms with Crippen molar-refractivity contribution in [3.05, 3.63) is 96.6 Å². The van der Waals surface area contributed by atoms with Crippen LogP contribution >= 0.6 is 0 Å². The van der Waals surface area contributed by atoms with Gasteiger partial charge in [0.1, 0.15) is 18.4 Å². The van der Waals surface area contributed by atoms with Gasteiger partial charge in [-0.05, 0) is 41.5 Å². The number of benzene rings is 3. The van der Waals surface area contributed by atoms with Gasteiger partial charge in [-0.2, -0.15) is 5.26 Å². The lowest BCUT2D eigenvalue weighted by atomic mass is 9.99. The highest BCUT2D eigenvalue weighted by molar-refractivity contribution is 5.74. The first-order chi connectivity index (χ1) is 13.7. The summed E-state index contributed by atoms with van der Waals surface area (Å²) in [7, 11) is 0. The minimum absolute atomic E-state index is 0.226. The number of aromatic nitrogens is 3. The summed E-state index contributed by atoms with van der Waals surface area (Å²) in [5.41, 5.74) is 4.37. The molecule has 1 N–H and O–H groups in total. The molecule has 0 aliphatic carbocycles. The SMILES string of the molecule is N#Cc1ccc(N(Cc2ccc(O)cc2)n2cnnc2)cc1-c1ccccc1. The Balaban J connectivity index is 1.78. The van der Waals surface area contributed by atoms with Gasteiger partial charge >= 0.3 is 0 Å². The van der Waals surface area contributed by atoms with E-state index in [-0.39, 0.29) is 5.75 Å². The first kappa shape index (κ1) is 17.3. The second-order valence-corrected chi connectivity index (χ2v) is 6.27. The van der Waals surface area contributed by atoms with Gasteiger partial charge in [0.05, 0.1) is 23.9 Å². The summed E-state index contributed by atoms with van der Waals surface area (Å²) < 4.78 is 1.79. The van der Waals surface area contributed by atoms with E-state index in [1.54, 1.807) is 29.5 Å². The van der Waals surface area contributed by atoms with Crippen molar-refractivity contribution in [3.63, 3.8) is 0 Å². The lowest BCUT2D eigenvalue weighted by molar-refractivity contribution is 0.475. The van der Waals surface area contributed by atoms with Gasteiger partial charge in [0.15, 0.2) is 0 Å². The maximum absolute atomic E-state index is 9.54. The molecule has 3 aromatic carbocycles. The predicted molar refractivity (Wildman–Crippen MR) is 106 cm³/mol. The number of nitrogens with zero attached hydrogens (tertiary/aromatic N) is 5. The third-order valence-electron chi connectivity index (χ3n) is 4.46. The molecular formula is C22H17N5O. The number of hydrogen-bond acceptors (Lipinski definition) is 5. The standard InChI is InChI=1S/C22H17N5O/c23-13-19-8-9-20(12-22(19)18-4-2-1-3-5-18)27(26-15-24-25-16-26)14-17-6-10-21(28)11-7-17/h1-12,15-16,28H,14H2. The van der Waals surface area contributed by atoms with Crippen LogP contribution in [-0.4, -0.2) is 20.0 Å². The minimum Gasteiger partial charge on any atom is -0.508 e. The molecule has 6 nitrogen and oxygen atoms in total. The zero-order valence-corrected chi connectivity index (χ0v) is 15.0. The summed E-state index contributed by atoms with van der Waals surface area (Å²) in [6.07, 6.45) is 3.25. The van der Waals surface area contributed by atoms with Crippen molar-refractivity contribution >= 4 is 5.69 Å². The number of hydrogen-bond donors (Lipinski definition) is 1. The Kier molecular flexibility index (Phi) is 4.72. The zero-order chi connectivity index (χ0) is 19.3. The summed E-state index contributed by atoms with van der Waals surface area (Å²) in [5.74, 6) is 0.226. The third-order valence-corrected chi connectivity index (χ3v) is 4.46. The quantitative estimate of drug-likeness (QED) is 0.577. The Morgan fingerprint density at radius 1 is 0.929 bits per heavy atom. The minimum atomic E-state index is 0.226. The fourth-order valence-corrected chi connectivity index (χ4v) is 3.05. The maximum atomic E-state index is 9.54. The van der Waals surface area contributed by atoms with Crippen molar-refractivity contribution in [1.29, 1.82) is 5.26 Å². The molecule has 136 valence electrons. The predicted octanol–water partition coefficient (Wildman–Crippen LogP) is 3.99. The van der Waals surface area contributed by atoms with E-state index >= 15 is 0 Å². The lowest BCUT2D eigenvalue weighted by Crippen LogP contribution is -2.27. The van der Waals surface area contributed by atoms with Gasteiger partial charge in [0, 0.05) is 5.56 Å². The lowest BCUT2D eigenvalue weighted by Gasteiger charge is -2.26. The number of aromatic hydroxyl groups is 1. The van der Waals surface area contributed by atoms with Crippen molar-refractivity contribution < 1.29 is 5.11 Å². The van der Waals surface area contributed by atoms with Crippen molar-refractivity contribution in [1.82, 2.24) is 14.9 Å². The molecule has 0 aliphatic rings. The molecule has 0 amide bonds. The van der Waals surface area contributed by atoms with E-state index in [1.807, 2.05) is 65.7 Å². The van der Waals surface area contributed by atoms with Crippen LogP contribution in [0.5, 0.6) is 5.75 Å². The smallest absolute Gasteiger partial charge is 0.139 e. The van der Waals surface area contributed by atoms with Crippen LogP contribution in [0.15, 0.2) is 85.5 Å². The van der Waals surface area contributed by atoms with Crippen molar-refractivity contribution in [2.45, 2.75) is 6.54 Å². The molecule has 0 bridgehead atoms. The zero-order valence-electron chi connectivity index (χ0n) is 15.0. The molecule has 0 saturated carbocycles. The molecule has 0 radical (unpaired) electrons. The summed E-state index contributed by atoms with van der Waals surface area (Å²) in [6.45, 7) is 0.540. The van der Waals surface area contributed by atoms with E-state index in [2.05, 4.69) is 16.3 Å². The van der Waals surface area contributed by atoms with E-state index in [0.717, 1.165) is 22.4 Å². The van der Waals surface area contributed by atoms with Crippen molar-refractivity contribution in [2.75, 3.05) is 5.01 Å². The molecule has 1 heterocycles. The van der Waals surface area contributed by atoms with Crippen LogP contribution in [0, 0.1) is 11.3 Å². The summed E-state index contributed by atoms with van der Waals surface area (Å²) >= 11 is 0. The van der Waals surface area contributed by atoms with E-state index in [4.69, 9.17) is 0 Å². The topological polar surface area (TPSA) is 78.0 Å². The van der Waals surface area contributed by atoms with Crippen LogP contribution in [0.2, 0.25) is 0 Å². The number of nitriles is 1. The van der Waals surface area contributed by atoms with Gasteiger partial charge in [-0.15, -0.1) is 10.2 Å².